The molecule has 4 rings (SSSR count). The van der Waals surface area contributed by atoms with E-state index in [9.17, 15) is 9.90 Å². The van der Waals surface area contributed by atoms with Crippen LogP contribution < -0.4 is 5.32 Å². The largest absolute Gasteiger partial charge is 0.383 e. The van der Waals surface area contributed by atoms with Gasteiger partial charge in [0.1, 0.15) is 5.60 Å². The molecule has 1 atom stereocenters. The number of hydrogen-bond acceptors (Lipinski definition) is 3. The molecular formula is C22H22BrN3O2. The van der Waals surface area contributed by atoms with E-state index in [0.29, 0.717) is 12.0 Å². The normalized spacial score (nSPS) is 18.5. The number of nitrogens with zero attached hydrogens (tertiary/aromatic N) is 2. The van der Waals surface area contributed by atoms with Gasteiger partial charge in [-0.05, 0) is 55.5 Å². The predicted octanol–water partition coefficient (Wildman–Crippen LogP) is 3.90. The van der Waals surface area contributed by atoms with Crippen molar-refractivity contribution in [3.05, 3.63) is 81.6 Å². The Hall–Kier alpha value is -2.44. The topological polar surface area (TPSA) is 67.2 Å². The van der Waals surface area contributed by atoms with Gasteiger partial charge in [0.05, 0.1) is 29.7 Å². The number of amides is 1. The summed E-state index contributed by atoms with van der Waals surface area (Å²) < 4.78 is 2.69. The molecule has 1 aliphatic carbocycles. The van der Waals surface area contributed by atoms with Gasteiger partial charge in [-0.1, -0.05) is 46.3 Å². The molecule has 1 aromatic heterocycles. The summed E-state index contributed by atoms with van der Waals surface area (Å²) in [4.78, 5) is 12.8. The van der Waals surface area contributed by atoms with Crippen LogP contribution in [0.2, 0.25) is 0 Å². The molecule has 2 aromatic carbocycles. The molecule has 0 saturated carbocycles. The number of aliphatic hydroxyl groups is 1. The number of rotatable bonds is 4. The molecule has 0 radical (unpaired) electrons. The first-order valence-corrected chi connectivity index (χ1v) is 10.2. The highest BCUT2D eigenvalue weighted by Crippen LogP contribution is 2.34. The number of nitrogens with one attached hydrogen (secondary N) is 1. The summed E-state index contributed by atoms with van der Waals surface area (Å²) in [5, 5.41) is 18.4. The second-order valence-corrected chi connectivity index (χ2v) is 8.18. The lowest BCUT2D eigenvalue weighted by molar-refractivity contribution is 0.0189. The van der Waals surface area contributed by atoms with Crippen molar-refractivity contribution in [3.63, 3.8) is 0 Å². The Morgan fingerprint density at radius 3 is 2.93 bits per heavy atom. The lowest BCUT2D eigenvalue weighted by atomic mass is 9.79. The number of halogens is 1. The van der Waals surface area contributed by atoms with E-state index >= 15 is 0 Å². The third-order valence-corrected chi connectivity index (χ3v) is 5.90. The summed E-state index contributed by atoms with van der Waals surface area (Å²) in [5.74, 6) is -0.227. The summed E-state index contributed by atoms with van der Waals surface area (Å²) in [6.07, 6.45) is 4.08. The molecule has 2 N–H and O–H groups in total. The first-order valence-electron chi connectivity index (χ1n) is 9.37. The molecule has 5 nitrogen and oxygen atoms in total. The Bertz CT molecular complexity index is 1030. The molecule has 0 aliphatic heterocycles. The zero-order chi connectivity index (χ0) is 19.7. The van der Waals surface area contributed by atoms with Crippen LogP contribution in [0.4, 0.5) is 0 Å². The van der Waals surface area contributed by atoms with Crippen molar-refractivity contribution in [1.82, 2.24) is 15.1 Å². The zero-order valence-corrected chi connectivity index (χ0v) is 17.2. The van der Waals surface area contributed by atoms with Crippen LogP contribution in [0, 0.1) is 6.92 Å². The summed E-state index contributed by atoms with van der Waals surface area (Å²) in [5.41, 5.74) is 3.19. The van der Waals surface area contributed by atoms with Crippen LogP contribution in [0.1, 0.15) is 40.0 Å². The number of fused-ring (bicyclic) bond motifs is 1. The first-order chi connectivity index (χ1) is 13.5. The quantitative estimate of drug-likeness (QED) is 0.647. The van der Waals surface area contributed by atoms with Gasteiger partial charge in [-0.15, -0.1) is 0 Å². The first kappa shape index (κ1) is 18.9. The van der Waals surface area contributed by atoms with E-state index < -0.39 is 5.60 Å². The van der Waals surface area contributed by atoms with Crippen molar-refractivity contribution in [2.45, 2.75) is 31.8 Å². The van der Waals surface area contributed by atoms with Gasteiger partial charge in [0, 0.05) is 4.47 Å². The van der Waals surface area contributed by atoms with Crippen molar-refractivity contribution in [1.29, 1.82) is 0 Å². The minimum Gasteiger partial charge on any atom is -0.383 e. The molecule has 3 aromatic rings. The minimum atomic E-state index is -1.03. The lowest BCUT2D eigenvalue weighted by Crippen LogP contribution is -2.43. The number of aryl methyl sites for hydroxylation is 1. The summed E-state index contributed by atoms with van der Waals surface area (Å²) >= 11 is 3.46. The molecule has 28 heavy (non-hydrogen) atoms. The monoisotopic (exact) mass is 439 g/mol. The molecule has 6 heteroatoms. The fraction of sp³-hybridized carbons (Fsp3) is 0.273. The molecule has 0 fully saturated rings. The summed E-state index contributed by atoms with van der Waals surface area (Å²) in [6.45, 7) is 2.05. The lowest BCUT2D eigenvalue weighted by Gasteiger charge is -2.34. The minimum absolute atomic E-state index is 0.185. The predicted molar refractivity (Wildman–Crippen MR) is 112 cm³/mol. The average molecular weight is 440 g/mol. The second kappa shape index (κ2) is 7.53. The van der Waals surface area contributed by atoms with Gasteiger partial charge in [0.2, 0.25) is 0 Å². The third-order valence-electron chi connectivity index (χ3n) is 5.40. The molecule has 0 bridgehead atoms. The zero-order valence-electron chi connectivity index (χ0n) is 15.7. The summed E-state index contributed by atoms with van der Waals surface area (Å²) in [6, 6.07) is 15.7. The highest BCUT2D eigenvalue weighted by molar-refractivity contribution is 9.10. The highest BCUT2D eigenvalue weighted by atomic mass is 79.9. The number of benzene rings is 2. The SMILES string of the molecule is Cc1c(C(=O)NCC2(O)CCCc3ccccc32)cnn1-c1cccc(Br)c1. The fourth-order valence-corrected chi connectivity index (χ4v) is 4.29. The number of carbonyl (C=O) groups is 1. The van der Waals surface area contributed by atoms with Gasteiger partial charge in [0.25, 0.3) is 5.91 Å². The van der Waals surface area contributed by atoms with E-state index in [1.165, 1.54) is 0 Å². The molecule has 144 valence electrons. The Labute approximate surface area is 172 Å². The number of hydrogen-bond donors (Lipinski definition) is 2. The van der Waals surface area contributed by atoms with E-state index in [4.69, 9.17) is 0 Å². The van der Waals surface area contributed by atoms with E-state index in [0.717, 1.165) is 39.8 Å². The van der Waals surface area contributed by atoms with E-state index in [1.54, 1.807) is 10.9 Å². The van der Waals surface area contributed by atoms with Crippen LogP contribution in [0.3, 0.4) is 0 Å². The Kier molecular flexibility index (Phi) is 5.08. The molecule has 1 heterocycles. The maximum absolute atomic E-state index is 12.8. The van der Waals surface area contributed by atoms with E-state index in [2.05, 4.69) is 26.3 Å². The van der Waals surface area contributed by atoms with Crippen molar-refractivity contribution >= 4 is 21.8 Å². The van der Waals surface area contributed by atoms with Crippen LogP contribution in [0.15, 0.2) is 59.2 Å². The Morgan fingerprint density at radius 1 is 1.29 bits per heavy atom. The van der Waals surface area contributed by atoms with E-state index in [-0.39, 0.29) is 12.5 Å². The molecule has 1 unspecified atom stereocenters. The molecule has 1 amide bonds. The van der Waals surface area contributed by atoms with Crippen LogP contribution in [0.5, 0.6) is 0 Å². The van der Waals surface area contributed by atoms with Crippen LogP contribution in [-0.2, 0) is 12.0 Å². The van der Waals surface area contributed by atoms with Gasteiger partial charge in [-0.3, -0.25) is 4.79 Å². The Morgan fingerprint density at radius 2 is 2.11 bits per heavy atom. The molecule has 1 aliphatic rings. The van der Waals surface area contributed by atoms with Crippen LogP contribution in [0.25, 0.3) is 5.69 Å². The smallest absolute Gasteiger partial charge is 0.254 e. The van der Waals surface area contributed by atoms with Gasteiger partial charge < -0.3 is 10.4 Å². The number of carbonyl (C=O) groups excluding carboxylic acids is 1. The van der Waals surface area contributed by atoms with Crippen LogP contribution >= 0.6 is 15.9 Å². The van der Waals surface area contributed by atoms with Gasteiger partial charge in [-0.2, -0.15) is 5.10 Å². The maximum atomic E-state index is 12.8. The number of aromatic nitrogens is 2. The van der Waals surface area contributed by atoms with Crippen molar-refractivity contribution < 1.29 is 9.90 Å². The molecular weight excluding hydrogens is 418 g/mol. The van der Waals surface area contributed by atoms with Crippen molar-refractivity contribution in [3.8, 4) is 5.69 Å². The maximum Gasteiger partial charge on any atom is 0.254 e. The van der Waals surface area contributed by atoms with Gasteiger partial charge in [0.15, 0.2) is 0 Å². The fourth-order valence-electron chi connectivity index (χ4n) is 3.90. The Balaban J connectivity index is 1.53. The standard InChI is InChI=1S/C22H22BrN3O2/c1-15-19(13-25-26(15)18-9-4-8-17(23)12-18)21(27)24-14-22(28)11-5-7-16-6-2-3-10-20(16)22/h2-4,6,8-10,12-13,28H,5,7,11,14H2,1H3,(H,24,27). The van der Waals surface area contributed by atoms with Gasteiger partial charge in [-0.25, -0.2) is 4.68 Å². The van der Waals surface area contributed by atoms with Crippen molar-refractivity contribution in [2.75, 3.05) is 6.54 Å². The third kappa shape index (κ3) is 3.50. The van der Waals surface area contributed by atoms with Crippen molar-refractivity contribution in [2.24, 2.45) is 0 Å². The second-order valence-electron chi connectivity index (χ2n) is 7.26. The van der Waals surface area contributed by atoms with Gasteiger partial charge >= 0.3 is 0 Å². The van der Waals surface area contributed by atoms with Crippen LogP contribution in [-0.4, -0.2) is 27.3 Å². The molecule has 0 saturated heterocycles. The average Bonchev–Trinajstić information content (AvgIpc) is 3.08. The van der Waals surface area contributed by atoms with E-state index in [1.807, 2.05) is 55.5 Å². The highest BCUT2D eigenvalue weighted by Gasteiger charge is 2.34. The molecule has 0 spiro atoms. The summed E-state index contributed by atoms with van der Waals surface area (Å²) in [7, 11) is 0.